The van der Waals surface area contributed by atoms with Crippen molar-refractivity contribution in [3.05, 3.63) is 24.3 Å². The van der Waals surface area contributed by atoms with Gasteiger partial charge < -0.3 is 35.3 Å². The van der Waals surface area contributed by atoms with E-state index in [1.165, 1.54) is 32.1 Å². The first kappa shape index (κ1) is 39.8. The van der Waals surface area contributed by atoms with Gasteiger partial charge in [0.1, 0.15) is 6.10 Å². The fourth-order valence-corrected chi connectivity index (χ4v) is 6.89. The van der Waals surface area contributed by atoms with E-state index >= 15 is 0 Å². The van der Waals surface area contributed by atoms with Crippen LogP contribution in [0.4, 0.5) is 4.79 Å². The summed E-state index contributed by atoms with van der Waals surface area (Å²) in [6.45, 7) is 10.1. The summed E-state index contributed by atoms with van der Waals surface area (Å²) < 4.78 is 11.7. The number of ether oxygens (including phenoxy) is 2. The summed E-state index contributed by atoms with van der Waals surface area (Å²) in [5.41, 5.74) is 4.33. The van der Waals surface area contributed by atoms with E-state index in [9.17, 15) is 19.5 Å². The van der Waals surface area contributed by atoms with Gasteiger partial charge in [-0.15, -0.1) is 0 Å². The molecule has 46 heavy (non-hydrogen) atoms. The first-order chi connectivity index (χ1) is 21.9. The van der Waals surface area contributed by atoms with Gasteiger partial charge in [0, 0.05) is 30.4 Å². The summed E-state index contributed by atoms with van der Waals surface area (Å²) in [6, 6.07) is -0.615. The molecule has 1 aliphatic carbocycles. The van der Waals surface area contributed by atoms with Gasteiger partial charge in [0.25, 0.3) is 0 Å². The van der Waals surface area contributed by atoms with Crippen molar-refractivity contribution in [1.82, 2.24) is 10.2 Å². The Morgan fingerprint density at radius 1 is 0.891 bits per heavy atom. The number of primary amides is 1. The number of nitrogens with zero attached hydrogens (tertiary/aromatic N) is 1. The molecule has 2 atom stereocenters. The van der Waals surface area contributed by atoms with E-state index in [-0.39, 0.29) is 6.54 Å². The summed E-state index contributed by atoms with van der Waals surface area (Å²) in [4.78, 5) is 40.5. The van der Waals surface area contributed by atoms with Gasteiger partial charge in [-0.1, -0.05) is 103 Å². The van der Waals surface area contributed by atoms with Gasteiger partial charge in [-0.2, -0.15) is 0 Å². The number of urea groups is 1. The van der Waals surface area contributed by atoms with Gasteiger partial charge in [0.05, 0.1) is 12.1 Å². The molecule has 0 aromatic heterocycles. The molecular formula is C37H64N3O6-. The highest BCUT2D eigenvalue weighted by Crippen LogP contribution is 2.40. The van der Waals surface area contributed by atoms with Crippen LogP contribution in [0.1, 0.15) is 144 Å². The maximum atomic E-state index is 13.3. The number of hydrogen-bond donors (Lipinski definition) is 2. The fraction of sp³-hybridized carbons (Fsp3) is 0.811. The van der Waals surface area contributed by atoms with E-state index in [2.05, 4.69) is 36.5 Å². The smallest absolute Gasteiger partial charge is 0.315 e. The first-order valence-corrected chi connectivity index (χ1v) is 18.0. The number of unbranched alkanes of at least 4 members (excludes halogenated alkanes) is 9. The molecule has 2 rings (SSSR count). The number of allylic oxidation sites excluding steroid dienone is 4. The Hall–Kier alpha value is -2.39. The lowest BCUT2D eigenvalue weighted by atomic mass is 9.71. The second kappa shape index (κ2) is 20.1. The number of hydrogen-bond acceptors (Lipinski definition) is 6. The number of nitrogens with two attached hydrogens (primary N) is 1. The van der Waals surface area contributed by atoms with Crippen LogP contribution in [-0.4, -0.2) is 59.9 Å². The molecule has 0 aromatic rings. The van der Waals surface area contributed by atoms with Crippen LogP contribution in [0.3, 0.4) is 0 Å². The second-order valence-electron chi connectivity index (χ2n) is 14.5. The predicted molar refractivity (Wildman–Crippen MR) is 182 cm³/mol. The van der Waals surface area contributed by atoms with Crippen molar-refractivity contribution in [2.45, 2.75) is 161 Å². The van der Waals surface area contributed by atoms with Crippen LogP contribution in [0.5, 0.6) is 0 Å². The van der Waals surface area contributed by atoms with E-state index < -0.39 is 46.7 Å². The molecule has 9 nitrogen and oxygen atoms in total. The molecule has 3 N–H and O–H groups in total. The molecule has 9 heteroatoms. The largest absolute Gasteiger partial charge is 0.550 e. The molecule has 1 saturated carbocycles. The number of carboxylic acids is 1. The summed E-state index contributed by atoms with van der Waals surface area (Å²) in [7, 11) is 0. The van der Waals surface area contributed by atoms with Gasteiger partial charge >= 0.3 is 6.03 Å². The molecule has 2 aliphatic rings. The van der Waals surface area contributed by atoms with Crippen molar-refractivity contribution < 1.29 is 29.0 Å². The van der Waals surface area contributed by atoms with Crippen LogP contribution in [0.15, 0.2) is 24.3 Å². The Labute approximate surface area is 279 Å². The van der Waals surface area contributed by atoms with Crippen LogP contribution in [-0.2, 0) is 19.1 Å². The number of amides is 3. The number of carboxylic acid groups (broad SMARTS) is 1. The zero-order chi connectivity index (χ0) is 34.1. The molecule has 264 valence electrons. The Morgan fingerprint density at radius 3 is 2.07 bits per heavy atom. The lowest BCUT2D eigenvalue weighted by Gasteiger charge is -2.51. The molecule has 1 saturated heterocycles. The van der Waals surface area contributed by atoms with Gasteiger partial charge in [0.15, 0.2) is 5.79 Å². The van der Waals surface area contributed by atoms with Crippen LogP contribution in [0.25, 0.3) is 0 Å². The number of carbonyl (C=O) groups excluding carboxylic acids is 3. The van der Waals surface area contributed by atoms with E-state index in [4.69, 9.17) is 15.2 Å². The number of aliphatic carboxylic acids is 1. The van der Waals surface area contributed by atoms with Crippen molar-refractivity contribution in [3.63, 3.8) is 0 Å². The van der Waals surface area contributed by atoms with Gasteiger partial charge in [-0.05, 0) is 65.2 Å². The van der Waals surface area contributed by atoms with E-state index in [1.54, 1.807) is 18.7 Å². The molecule has 0 aromatic carbocycles. The van der Waals surface area contributed by atoms with E-state index in [0.717, 1.165) is 64.2 Å². The normalized spacial score (nSPS) is 21.3. The molecule has 1 heterocycles. The van der Waals surface area contributed by atoms with Gasteiger partial charge in [-0.3, -0.25) is 4.79 Å². The maximum absolute atomic E-state index is 13.3. The van der Waals surface area contributed by atoms with Gasteiger partial charge in [-0.25, -0.2) is 4.79 Å². The van der Waals surface area contributed by atoms with Crippen molar-refractivity contribution in [1.29, 1.82) is 0 Å². The summed E-state index contributed by atoms with van der Waals surface area (Å²) in [6.07, 6.45) is 25.2. The highest BCUT2D eigenvalue weighted by molar-refractivity contribution is 5.83. The monoisotopic (exact) mass is 646 g/mol. The third-order valence-electron chi connectivity index (χ3n) is 9.66. The molecule has 2 fully saturated rings. The fourth-order valence-electron chi connectivity index (χ4n) is 6.89. The number of rotatable bonds is 21. The van der Waals surface area contributed by atoms with Crippen molar-refractivity contribution in [2.24, 2.45) is 17.1 Å². The van der Waals surface area contributed by atoms with Crippen LogP contribution >= 0.6 is 0 Å². The van der Waals surface area contributed by atoms with Crippen LogP contribution in [0, 0.1) is 11.3 Å². The molecule has 0 spiro atoms. The number of carbonyl (C=O) groups is 3. The highest BCUT2D eigenvalue weighted by Gasteiger charge is 2.49. The summed E-state index contributed by atoms with van der Waals surface area (Å²) >= 11 is 0. The summed E-state index contributed by atoms with van der Waals surface area (Å²) in [5, 5.41) is 15.5. The lowest BCUT2D eigenvalue weighted by molar-refractivity contribution is -0.315. The summed E-state index contributed by atoms with van der Waals surface area (Å²) in [5.74, 6) is -3.70. The van der Waals surface area contributed by atoms with Crippen LogP contribution < -0.4 is 16.2 Å². The average molecular weight is 647 g/mol. The van der Waals surface area contributed by atoms with E-state index in [1.807, 2.05) is 13.8 Å². The minimum absolute atomic E-state index is 0.162. The molecule has 2 unspecified atom stereocenters. The highest BCUT2D eigenvalue weighted by atomic mass is 16.7. The first-order valence-electron chi connectivity index (χ1n) is 18.0. The zero-order valence-corrected chi connectivity index (χ0v) is 29.6. The second-order valence-corrected chi connectivity index (χ2v) is 14.5. The minimum Gasteiger partial charge on any atom is -0.550 e. The van der Waals surface area contributed by atoms with Crippen LogP contribution in [0.2, 0.25) is 0 Å². The number of nitrogens with one attached hydrogen (secondary N) is 1. The quantitative estimate of drug-likeness (QED) is 0.107. The standard InChI is InChI=1S/C37H65N3O6/c1-6-7-8-9-10-11-12-13-14-15-16-17-18-19-20-24-27-40(34(38)44)37(25-22-21-23-26-37)30(33(42)43)28-39-32(41)31-35(2,3)29-45-36(4,5)46-31/h11-12,14-15,30-31H,6-10,13,16-29H2,1-5H3,(H2,38,44)(H,39,41)(H,42,43)/p-1/b12-11+,15-14+. The molecule has 0 radical (unpaired) electrons. The Bertz CT molecular complexity index is 986. The topological polar surface area (TPSA) is 134 Å². The zero-order valence-electron chi connectivity index (χ0n) is 29.6. The Balaban J connectivity index is 1.89. The van der Waals surface area contributed by atoms with Crippen molar-refractivity contribution in [3.8, 4) is 0 Å². The molecule has 3 amide bonds. The third kappa shape index (κ3) is 13.0. The lowest BCUT2D eigenvalue weighted by Crippen LogP contribution is -2.65. The molecular weight excluding hydrogens is 582 g/mol. The predicted octanol–water partition coefficient (Wildman–Crippen LogP) is 6.54. The maximum Gasteiger partial charge on any atom is 0.315 e. The molecule has 1 aliphatic heterocycles. The van der Waals surface area contributed by atoms with E-state index in [0.29, 0.717) is 26.0 Å². The minimum atomic E-state index is -1.28. The van der Waals surface area contributed by atoms with Crippen molar-refractivity contribution in [2.75, 3.05) is 19.7 Å². The van der Waals surface area contributed by atoms with Crippen molar-refractivity contribution >= 4 is 17.9 Å². The van der Waals surface area contributed by atoms with Gasteiger partial charge in [0.2, 0.25) is 5.91 Å². The SMILES string of the molecule is CCCCCC/C=C/C/C=C/CCCCCCCN(C(N)=O)C1(C(CNC(=O)C2OC(C)(C)OCC2(C)C)C(=O)[O-])CCCCC1. The average Bonchev–Trinajstić information content (AvgIpc) is 3.00. The molecule has 0 bridgehead atoms. The Morgan fingerprint density at radius 2 is 1.48 bits per heavy atom. The third-order valence-corrected chi connectivity index (χ3v) is 9.66. The Kier molecular flexibility index (Phi) is 17.4.